The second-order valence-corrected chi connectivity index (χ2v) is 7.61. The highest BCUT2D eigenvalue weighted by Gasteiger charge is 2.08. The summed E-state index contributed by atoms with van der Waals surface area (Å²) in [6.07, 6.45) is 1.56. The van der Waals surface area contributed by atoms with Gasteiger partial charge in [0.05, 0.1) is 11.2 Å². The van der Waals surface area contributed by atoms with E-state index in [0.717, 1.165) is 32.6 Å². The molecule has 0 amide bonds. The first-order valence-electron chi connectivity index (χ1n) is 9.04. The van der Waals surface area contributed by atoms with E-state index in [0.29, 0.717) is 11.7 Å². The number of aromatic nitrogens is 2. The van der Waals surface area contributed by atoms with Crippen molar-refractivity contribution in [2.24, 2.45) is 0 Å². The summed E-state index contributed by atoms with van der Waals surface area (Å²) in [5.74, 6) is 0.730. The zero-order valence-corrected chi connectivity index (χ0v) is 17.8. The van der Waals surface area contributed by atoms with Crippen LogP contribution < -0.4 is 16.0 Å². The van der Waals surface area contributed by atoms with Gasteiger partial charge < -0.3 is 16.0 Å². The first kappa shape index (κ1) is 19.3. The lowest BCUT2D eigenvalue weighted by molar-refractivity contribution is 0.926. The molecule has 7 heteroatoms. The van der Waals surface area contributed by atoms with Crippen LogP contribution in [-0.2, 0) is 6.54 Å². The lowest BCUT2D eigenvalue weighted by Crippen LogP contribution is -2.27. The number of nitrogens with zero attached hydrogens (tertiary/aromatic N) is 2. The van der Waals surface area contributed by atoms with Gasteiger partial charge in [-0.25, -0.2) is 9.97 Å². The number of fused-ring (bicyclic) bond motifs is 1. The molecule has 0 aliphatic heterocycles. The van der Waals surface area contributed by atoms with E-state index >= 15 is 0 Å². The lowest BCUT2D eigenvalue weighted by atomic mass is 10.2. The van der Waals surface area contributed by atoms with Gasteiger partial charge >= 0.3 is 0 Å². The van der Waals surface area contributed by atoms with Gasteiger partial charge in [-0.3, -0.25) is 0 Å². The predicted molar refractivity (Wildman–Crippen MR) is 126 cm³/mol. The molecule has 5 nitrogen and oxygen atoms in total. The van der Waals surface area contributed by atoms with Crippen molar-refractivity contribution in [3.05, 3.63) is 89.2 Å². The molecule has 4 aromatic rings. The fraction of sp³-hybridized carbons (Fsp3) is 0.0455. The Balaban J connectivity index is 1.52. The third-order valence-corrected chi connectivity index (χ3v) is 5.25. The summed E-state index contributed by atoms with van der Waals surface area (Å²) in [5.41, 5.74) is 3.82. The van der Waals surface area contributed by atoms with Gasteiger partial charge in [0, 0.05) is 22.1 Å². The topological polar surface area (TPSA) is 61.9 Å². The summed E-state index contributed by atoms with van der Waals surface area (Å²) in [6, 6.07) is 23.9. The molecule has 0 aliphatic rings. The van der Waals surface area contributed by atoms with Gasteiger partial charge in [0.25, 0.3) is 0 Å². The Morgan fingerprint density at radius 3 is 2.55 bits per heavy atom. The molecule has 0 saturated heterocycles. The van der Waals surface area contributed by atoms with Gasteiger partial charge in [-0.2, -0.15) is 0 Å². The zero-order chi connectivity index (χ0) is 20.1. The predicted octanol–water partition coefficient (Wildman–Crippen LogP) is 5.62. The quantitative estimate of drug-likeness (QED) is 0.333. The summed E-state index contributed by atoms with van der Waals surface area (Å²) >= 11 is 9.00. The van der Waals surface area contributed by atoms with Crippen LogP contribution in [0.5, 0.6) is 0 Å². The number of para-hydroxylation sites is 1. The molecule has 3 aromatic carbocycles. The van der Waals surface area contributed by atoms with Crippen molar-refractivity contribution >= 4 is 61.4 Å². The van der Waals surface area contributed by atoms with Crippen molar-refractivity contribution in [3.8, 4) is 0 Å². The van der Waals surface area contributed by atoms with Gasteiger partial charge in [0.15, 0.2) is 5.11 Å². The molecule has 1 aromatic heterocycles. The van der Waals surface area contributed by atoms with Gasteiger partial charge in [-0.15, -0.1) is 0 Å². The Morgan fingerprint density at radius 1 is 0.931 bits per heavy atom. The smallest absolute Gasteiger partial charge is 0.171 e. The number of hydrogen-bond donors (Lipinski definition) is 3. The van der Waals surface area contributed by atoms with Gasteiger partial charge in [-0.05, 0) is 64.0 Å². The van der Waals surface area contributed by atoms with Crippen molar-refractivity contribution in [3.63, 3.8) is 0 Å². The van der Waals surface area contributed by atoms with E-state index in [4.69, 9.17) is 12.2 Å². The molecular formula is C22H18BrN5S. The Labute approximate surface area is 182 Å². The van der Waals surface area contributed by atoms with E-state index in [1.807, 2.05) is 60.7 Å². The summed E-state index contributed by atoms with van der Waals surface area (Å²) in [5, 5.41) is 11.3. The fourth-order valence-corrected chi connectivity index (χ4v) is 3.45. The summed E-state index contributed by atoms with van der Waals surface area (Å²) < 4.78 is 0.965. The Hall–Kier alpha value is -3.03. The van der Waals surface area contributed by atoms with Crippen LogP contribution in [-0.4, -0.2) is 15.1 Å². The number of benzene rings is 3. The maximum Gasteiger partial charge on any atom is 0.171 e. The fourth-order valence-electron chi connectivity index (χ4n) is 2.88. The molecule has 0 bridgehead atoms. The van der Waals surface area contributed by atoms with Crippen LogP contribution in [0, 0.1) is 0 Å². The molecule has 0 unspecified atom stereocenters. The van der Waals surface area contributed by atoms with Gasteiger partial charge in [0.1, 0.15) is 12.1 Å². The third-order valence-electron chi connectivity index (χ3n) is 4.32. The maximum absolute atomic E-state index is 5.44. The van der Waals surface area contributed by atoms with Gasteiger partial charge in [-0.1, -0.05) is 42.5 Å². The van der Waals surface area contributed by atoms with E-state index in [2.05, 4.69) is 54.0 Å². The largest absolute Gasteiger partial charge is 0.358 e. The zero-order valence-electron chi connectivity index (χ0n) is 15.4. The minimum Gasteiger partial charge on any atom is -0.358 e. The number of halogens is 1. The number of anilines is 3. The average Bonchev–Trinajstić information content (AvgIpc) is 2.75. The Kier molecular flexibility index (Phi) is 5.97. The molecule has 0 aliphatic carbocycles. The number of hydrogen-bond acceptors (Lipinski definition) is 4. The van der Waals surface area contributed by atoms with Crippen LogP contribution in [0.4, 0.5) is 17.2 Å². The second kappa shape index (κ2) is 8.98. The van der Waals surface area contributed by atoms with Crippen LogP contribution in [0.15, 0.2) is 83.6 Å². The van der Waals surface area contributed by atoms with E-state index in [9.17, 15) is 0 Å². The number of thiocarbonyl (C=S) groups is 1. The third kappa shape index (κ3) is 4.88. The minimum atomic E-state index is 0.561. The van der Waals surface area contributed by atoms with Crippen LogP contribution in [0.3, 0.4) is 0 Å². The molecule has 0 atom stereocenters. The lowest BCUT2D eigenvalue weighted by Gasteiger charge is -2.13. The van der Waals surface area contributed by atoms with Crippen LogP contribution >= 0.6 is 28.1 Å². The monoisotopic (exact) mass is 463 g/mol. The Bertz CT molecular complexity index is 1150. The van der Waals surface area contributed by atoms with Crippen molar-refractivity contribution < 1.29 is 0 Å². The molecule has 0 saturated carbocycles. The molecule has 0 fully saturated rings. The number of nitrogens with one attached hydrogen (secondary N) is 3. The van der Waals surface area contributed by atoms with Crippen molar-refractivity contribution in [1.29, 1.82) is 0 Å². The van der Waals surface area contributed by atoms with Crippen LogP contribution in [0.2, 0.25) is 0 Å². The second-order valence-electron chi connectivity index (χ2n) is 6.35. The van der Waals surface area contributed by atoms with E-state index < -0.39 is 0 Å². The van der Waals surface area contributed by atoms with Crippen molar-refractivity contribution in [1.82, 2.24) is 15.3 Å². The summed E-state index contributed by atoms with van der Waals surface area (Å²) in [4.78, 5) is 8.78. The van der Waals surface area contributed by atoms with E-state index in [1.54, 1.807) is 6.33 Å². The summed E-state index contributed by atoms with van der Waals surface area (Å²) in [7, 11) is 0. The number of rotatable bonds is 5. The Morgan fingerprint density at radius 2 is 1.72 bits per heavy atom. The van der Waals surface area contributed by atoms with E-state index in [-0.39, 0.29) is 0 Å². The highest BCUT2D eigenvalue weighted by molar-refractivity contribution is 9.10. The summed E-state index contributed by atoms with van der Waals surface area (Å²) in [6.45, 7) is 0.665. The first-order valence-corrected chi connectivity index (χ1v) is 10.2. The minimum absolute atomic E-state index is 0.561. The molecule has 0 radical (unpaired) electrons. The van der Waals surface area contributed by atoms with Crippen molar-refractivity contribution in [2.45, 2.75) is 6.54 Å². The van der Waals surface area contributed by atoms with Gasteiger partial charge in [0.2, 0.25) is 0 Å². The first-order chi connectivity index (χ1) is 14.2. The highest BCUT2D eigenvalue weighted by Crippen LogP contribution is 2.29. The van der Waals surface area contributed by atoms with Crippen molar-refractivity contribution in [2.75, 3.05) is 10.6 Å². The SMILES string of the molecule is S=C(NCc1ccccc1)Nc1ccc2ncnc(Nc3ccccc3Br)c2c1. The van der Waals surface area contributed by atoms with Crippen LogP contribution in [0.25, 0.3) is 10.9 Å². The molecular weight excluding hydrogens is 446 g/mol. The standard InChI is InChI=1S/C22H18BrN5S/c23-18-8-4-5-9-20(18)28-21-17-12-16(10-11-19(17)25-14-26-21)27-22(29)24-13-15-6-2-1-3-7-15/h1-12,14H,13H2,(H2,24,27,29)(H,25,26,28). The maximum atomic E-state index is 5.44. The average molecular weight is 464 g/mol. The molecule has 1 heterocycles. The molecule has 4 rings (SSSR count). The molecule has 144 valence electrons. The molecule has 3 N–H and O–H groups in total. The molecule has 0 spiro atoms. The normalized spacial score (nSPS) is 10.5. The van der Waals surface area contributed by atoms with Crippen LogP contribution in [0.1, 0.15) is 5.56 Å². The van der Waals surface area contributed by atoms with E-state index in [1.165, 1.54) is 5.56 Å². The highest BCUT2D eigenvalue weighted by atomic mass is 79.9. The molecule has 29 heavy (non-hydrogen) atoms.